The van der Waals surface area contributed by atoms with Gasteiger partial charge in [0.1, 0.15) is 5.75 Å². The lowest BCUT2D eigenvalue weighted by molar-refractivity contribution is -0.824. The fraction of sp³-hybridized carbons (Fsp3) is 0.333. The molecule has 0 atom stereocenters. The molecule has 1 aliphatic heterocycles. The molecule has 0 bridgehead atoms. The number of hydrogen-bond donors (Lipinski definition) is 4. The van der Waals surface area contributed by atoms with Crippen LogP contribution < -0.4 is 10.2 Å². The minimum Gasteiger partial charge on any atom is -0.493 e. The number of quaternary nitrogens is 1. The molecule has 0 aliphatic carbocycles. The van der Waals surface area contributed by atoms with Crippen molar-refractivity contribution >= 4 is 33.3 Å². The number of aliphatic hydroxyl groups is 1. The number of carboxylic acid groups (broad SMARTS) is 1. The van der Waals surface area contributed by atoms with Crippen LogP contribution >= 0.6 is 0 Å². The third-order valence-electron chi connectivity index (χ3n) is 5.85. The Morgan fingerprint density at radius 1 is 1.11 bits per heavy atom. The van der Waals surface area contributed by atoms with Crippen LogP contribution in [0.15, 0.2) is 48.7 Å². The monoisotopic (exact) mass is 505 g/mol. The third kappa shape index (κ3) is 6.25. The van der Waals surface area contributed by atoms with E-state index in [4.69, 9.17) is 9.84 Å². The number of hydrogen-bond acceptors (Lipinski definition) is 5. The van der Waals surface area contributed by atoms with E-state index in [1.807, 2.05) is 63.2 Å². The molecule has 2 heterocycles. The van der Waals surface area contributed by atoms with Crippen molar-refractivity contribution in [2.75, 3.05) is 6.61 Å². The maximum Gasteiger partial charge on any atom is 0.307 e. The molecular formula is C30H37N2O5+. The van der Waals surface area contributed by atoms with Crippen LogP contribution in [0.3, 0.4) is 0 Å². The molecule has 0 saturated heterocycles. The molecule has 196 valence electrons. The number of nitrogens with zero attached hydrogens (tertiary/aromatic N) is 1. The zero-order valence-corrected chi connectivity index (χ0v) is 22.4. The van der Waals surface area contributed by atoms with E-state index in [0.29, 0.717) is 12.3 Å². The fourth-order valence-electron chi connectivity index (χ4n) is 4.53. The predicted octanol–water partition coefficient (Wildman–Crippen LogP) is 5.31. The second-order valence-electron chi connectivity index (χ2n) is 9.76. The fourth-order valence-corrected chi connectivity index (χ4v) is 4.53. The van der Waals surface area contributed by atoms with Gasteiger partial charge in [-0.2, -0.15) is 5.48 Å². The Kier molecular flexibility index (Phi) is 8.86. The molecule has 7 nitrogen and oxygen atoms in total. The molecule has 7 heteroatoms. The highest BCUT2D eigenvalue weighted by molar-refractivity contribution is 6.10. The molecule has 37 heavy (non-hydrogen) atoms. The molecule has 0 unspecified atom stereocenters. The van der Waals surface area contributed by atoms with Crippen molar-refractivity contribution in [1.29, 1.82) is 0 Å². The van der Waals surface area contributed by atoms with Crippen molar-refractivity contribution in [3.05, 3.63) is 65.4 Å². The van der Waals surface area contributed by atoms with Crippen molar-refractivity contribution in [2.45, 2.75) is 60.0 Å². The van der Waals surface area contributed by atoms with Crippen molar-refractivity contribution in [1.82, 2.24) is 4.98 Å². The van der Waals surface area contributed by atoms with E-state index in [1.54, 1.807) is 27.0 Å². The van der Waals surface area contributed by atoms with Crippen LogP contribution in [-0.4, -0.2) is 38.6 Å². The molecule has 1 aromatic heterocycles. The third-order valence-corrected chi connectivity index (χ3v) is 5.85. The Hall–Kier alpha value is -3.52. The molecule has 0 amide bonds. The second-order valence-corrected chi connectivity index (χ2v) is 9.76. The minimum atomic E-state index is -0.886. The Morgan fingerprint density at radius 3 is 2.46 bits per heavy atom. The predicted molar refractivity (Wildman–Crippen MR) is 147 cm³/mol. The largest absolute Gasteiger partial charge is 0.493 e. The minimum absolute atomic E-state index is 0.0936. The maximum atomic E-state index is 11.7. The zero-order valence-electron chi connectivity index (χ0n) is 22.4. The van der Waals surface area contributed by atoms with E-state index < -0.39 is 11.6 Å². The van der Waals surface area contributed by atoms with Crippen molar-refractivity contribution < 1.29 is 30.4 Å². The van der Waals surface area contributed by atoms with Crippen LogP contribution in [0.4, 0.5) is 5.69 Å². The van der Waals surface area contributed by atoms with Gasteiger partial charge in [0.25, 0.3) is 0 Å². The summed E-state index contributed by atoms with van der Waals surface area (Å²) in [4.78, 5) is 16.4. The number of aryl methyl sites for hydroxylation is 1. The summed E-state index contributed by atoms with van der Waals surface area (Å²) < 4.78 is 5.86. The van der Waals surface area contributed by atoms with Gasteiger partial charge in [-0.15, -0.1) is 0 Å². The lowest BCUT2D eigenvalue weighted by Crippen LogP contribution is -2.73. The summed E-state index contributed by atoms with van der Waals surface area (Å²) in [5.41, 5.74) is 6.62. The number of ether oxygens (including phenoxy) is 1. The topological polar surface area (TPSA) is 116 Å². The first kappa shape index (κ1) is 28.1. The highest BCUT2D eigenvalue weighted by Gasteiger charge is 2.23. The number of rotatable bonds is 4. The lowest BCUT2D eigenvalue weighted by Gasteiger charge is -2.21. The SMILES string of the molecule is CC.CC(C)(C)O.Cc1cc2c([NH2+]O)cccc2c(-c2ccc3c4c(ccnc24)CCO3)c1CC(=O)O. The average Bonchev–Trinajstić information content (AvgIpc) is 2.85. The van der Waals surface area contributed by atoms with Gasteiger partial charge < -0.3 is 14.9 Å². The van der Waals surface area contributed by atoms with Crippen LogP contribution in [-0.2, 0) is 17.6 Å². The molecule has 3 aromatic carbocycles. The highest BCUT2D eigenvalue weighted by Crippen LogP contribution is 2.43. The normalized spacial score (nSPS) is 12.2. The summed E-state index contributed by atoms with van der Waals surface area (Å²) in [7, 11) is 0. The summed E-state index contributed by atoms with van der Waals surface area (Å²) >= 11 is 0. The summed E-state index contributed by atoms with van der Waals surface area (Å²) in [5, 5.41) is 30.6. The number of aliphatic carboxylic acids is 1. The van der Waals surface area contributed by atoms with Crippen LogP contribution in [0.25, 0.3) is 32.8 Å². The summed E-state index contributed by atoms with van der Waals surface area (Å²) in [6.07, 6.45) is 2.53. The van der Waals surface area contributed by atoms with Crippen molar-refractivity contribution in [2.24, 2.45) is 0 Å². The van der Waals surface area contributed by atoms with Gasteiger partial charge in [-0.05, 0) is 79.6 Å². The number of carboxylic acids is 1. The zero-order chi connectivity index (χ0) is 27.3. The molecule has 0 radical (unpaired) electrons. The van der Waals surface area contributed by atoms with Crippen LogP contribution in [0.1, 0.15) is 51.3 Å². The molecule has 1 aliphatic rings. The van der Waals surface area contributed by atoms with Gasteiger partial charge in [0.2, 0.25) is 0 Å². The van der Waals surface area contributed by atoms with E-state index in [9.17, 15) is 15.1 Å². The van der Waals surface area contributed by atoms with Gasteiger partial charge in [0.05, 0.1) is 24.1 Å². The van der Waals surface area contributed by atoms with Crippen LogP contribution in [0.2, 0.25) is 0 Å². The maximum absolute atomic E-state index is 11.7. The van der Waals surface area contributed by atoms with E-state index in [1.165, 1.54) is 5.56 Å². The number of benzene rings is 3. The van der Waals surface area contributed by atoms with Crippen molar-refractivity contribution in [3.63, 3.8) is 0 Å². The molecule has 4 aromatic rings. The quantitative estimate of drug-likeness (QED) is 0.221. The Labute approximate surface area is 217 Å². The molecule has 0 spiro atoms. The Bertz CT molecular complexity index is 1410. The standard InChI is InChI=1S/C24H20N2O4.C4H10O.C2H6/c1-13-11-18-15(3-2-4-19(18)26-29)23(17(13)12-21(27)28)16-5-6-20-22-14(8-10-30-20)7-9-25-24(16)22;1-4(2,3)5;1-2/h2-7,9,11,26,29H,8,10,12H2,1H3,(H,27,28);5H,1-3H3;1-2H3/p+1. The van der Waals surface area contributed by atoms with Crippen molar-refractivity contribution in [3.8, 4) is 16.9 Å². The van der Waals surface area contributed by atoms with Gasteiger partial charge in [-0.3, -0.25) is 9.78 Å². The number of fused-ring (bicyclic) bond motifs is 1. The number of pyridine rings is 1. The molecule has 0 saturated carbocycles. The van der Waals surface area contributed by atoms with Crippen LogP contribution in [0.5, 0.6) is 5.75 Å². The van der Waals surface area contributed by atoms with Gasteiger partial charge in [-0.1, -0.05) is 26.0 Å². The number of carbonyl (C=O) groups is 1. The summed E-state index contributed by atoms with van der Waals surface area (Å²) in [5.74, 6) is -0.0770. The molecule has 0 fully saturated rings. The van der Waals surface area contributed by atoms with Gasteiger partial charge in [0, 0.05) is 35.0 Å². The van der Waals surface area contributed by atoms with Gasteiger partial charge >= 0.3 is 5.97 Å². The Balaban J connectivity index is 0.000000489. The first-order chi connectivity index (χ1) is 17.6. The Morgan fingerprint density at radius 2 is 1.81 bits per heavy atom. The van der Waals surface area contributed by atoms with Gasteiger partial charge in [0.15, 0.2) is 5.69 Å². The van der Waals surface area contributed by atoms with Gasteiger partial charge in [-0.25, -0.2) is 5.21 Å². The van der Waals surface area contributed by atoms with E-state index >= 15 is 0 Å². The van der Waals surface area contributed by atoms with Crippen LogP contribution in [0, 0.1) is 6.92 Å². The average molecular weight is 506 g/mol. The number of nitrogens with two attached hydrogens (primary N) is 1. The highest BCUT2D eigenvalue weighted by atomic mass is 16.5. The molecular weight excluding hydrogens is 468 g/mol. The lowest BCUT2D eigenvalue weighted by atomic mass is 9.86. The molecule has 5 N–H and O–H groups in total. The second kappa shape index (κ2) is 11.7. The van der Waals surface area contributed by atoms with E-state index in [0.717, 1.165) is 61.6 Å². The number of aromatic nitrogens is 1. The smallest absolute Gasteiger partial charge is 0.307 e. The molecule has 5 rings (SSSR count). The summed E-state index contributed by atoms with van der Waals surface area (Å²) in [6.45, 7) is 11.8. The summed E-state index contributed by atoms with van der Waals surface area (Å²) in [6, 6.07) is 13.6. The first-order valence-corrected chi connectivity index (χ1v) is 12.6. The van der Waals surface area contributed by atoms with E-state index in [-0.39, 0.29) is 6.42 Å². The first-order valence-electron chi connectivity index (χ1n) is 12.6. The van der Waals surface area contributed by atoms with E-state index in [2.05, 4.69) is 4.98 Å².